The van der Waals surface area contributed by atoms with Crippen LogP contribution in [0.15, 0.2) is 76.6 Å². The third-order valence-corrected chi connectivity index (χ3v) is 4.98. The van der Waals surface area contributed by atoms with Crippen LogP contribution in [-0.4, -0.2) is 15.3 Å². The molecule has 0 bridgehead atoms. The Bertz CT molecular complexity index is 1260. The molecule has 4 aromatic rings. The van der Waals surface area contributed by atoms with Gasteiger partial charge in [-0.15, -0.1) is 0 Å². The van der Waals surface area contributed by atoms with Crippen molar-refractivity contribution in [2.75, 3.05) is 5.43 Å². The molecule has 2 heterocycles. The van der Waals surface area contributed by atoms with Gasteiger partial charge in [-0.3, -0.25) is 14.8 Å². The molecular formula is C22H18N4O. The van der Waals surface area contributed by atoms with Crippen molar-refractivity contribution in [3.8, 4) is 0 Å². The van der Waals surface area contributed by atoms with Gasteiger partial charge in [0, 0.05) is 6.54 Å². The second-order valence-electron chi connectivity index (χ2n) is 6.75. The van der Waals surface area contributed by atoms with Crippen LogP contribution in [0.1, 0.15) is 18.7 Å². The first-order valence-corrected chi connectivity index (χ1v) is 9.11. The maximum Gasteiger partial charge on any atom is 0.261 e. The van der Waals surface area contributed by atoms with Crippen LogP contribution in [0, 0.1) is 0 Å². The Labute approximate surface area is 156 Å². The average Bonchev–Trinajstić information content (AvgIpc) is 2.72. The standard InChI is InChI=1S/C22H18N4O/c27-22-18-8-3-4-9-19(18)23-21-20(10-5-13-26(21)22)25-24-17-12-11-15-6-1-2-7-16(15)14-17/h1-4,6-9,11-12,14,24H,5,10,13H2. The van der Waals surface area contributed by atoms with Gasteiger partial charge in [0.2, 0.25) is 0 Å². The Hall–Kier alpha value is -3.47. The number of fused-ring (bicyclic) bond motifs is 3. The highest BCUT2D eigenvalue weighted by atomic mass is 16.1. The van der Waals surface area contributed by atoms with Crippen LogP contribution in [0.4, 0.5) is 5.69 Å². The van der Waals surface area contributed by atoms with Gasteiger partial charge >= 0.3 is 0 Å². The summed E-state index contributed by atoms with van der Waals surface area (Å²) in [6.07, 6.45) is 1.68. The minimum Gasteiger partial charge on any atom is -0.291 e. The van der Waals surface area contributed by atoms with Crippen molar-refractivity contribution in [1.82, 2.24) is 9.55 Å². The van der Waals surface area contributed by atoms with Crippen LogP contribution in [0.25, 0.3) is 21.7 Å². The molecule has 1 N–H and O–H groups in total. The minimum atomic E-state index is 0.00806. The van der Waals surface area contributed by atoms with Gasteiger partial charge in [-0.1, -0.05) is 42.5 Å². The summed E-state index contributed by atoms with van der Waals surface area (Å²) in [6, 6.07) is 21.9. The molecule has 3 aromatic carbocycles. The molecule has 27 heavy (non-hydrogen) atoms. The summed E-state index contributed by atoms with van der Waals surface area (Å²) in [7, 11) is 0. The zero-order valence-corrected chi connectivity index (χ0v) is 14.7. The van der Waals surface area contributed by atoms with E-state index < -0.39 is 0 Å². The van der Waals surface area contributed by atoms with Gasteiger partial charge in [-0.2, -0.15) is 5.10 Å². The van der Waals surface area contributed by atoms with Gasteiger partial charge in [0.05, 0.1) is 16.6 Å². The third-order valence-electron chi connectivity index (χ3n) is 4.98. The predicted octanol–water partition coefficient (Wildman–Crippen LogP) is 4.16. The largest absolute Gasteiger partial charge is 0.291 e. The van der Waals surface area contributed by atoms with E-state index in [-0.39, 0.29) is 5.56 Å². The van der Waals surface area contributed by atoms with E-state index in [9.17, 15) is 4.79 Å². The molecule has 1 aliphatic rings. The first kappa shape index (κ1) is 15.8. The van der Waals surface area contributed by atoms with Crippen molar-refractivity contribution in [2.45, 2.75) is 19.4 Å². The van der Waals surface area contributed by atoms with E-state index in [1.165, 1.54) is 5.39 Å². The SMILES string of the molecule is O=c1c2ccccc2nc2n1CCCC2=NNc1ccc2ccccc2c1. The van der Waals surface area contributed by atoms with Gasteiger partial charge in [0.15, 0.2) is 5.82 Å². The quantitative estimate of drug-likeness (QED) is 0.550. The fourth-order valence-electron chi connectivity index (χ4n) is 3.61. The zero-order valence-electron chi connectivity index (χ0n) is 14.7. The van der Waals surface area contributed by atoms with E-state index in [1.807, 2.05) is 42.5 Å². The lowest BCUT2D eigenvalue weighted by Gasteiger charge is -2.19. The van der Waals surface area contributed by atoms with Crippen LogP contribution in [0.3, 0.4) is 0 Å². The maximum atomic E-state index is 12.8. The normalized spacial score (nSPS) is 15.2. The molecule has 1 aromatic heterocycles. The fraction of sp³-hybridized carbons (Fsp3) is 0.136. The van der Waals surface area contributed by atoms with Gasteiger partial charge in [0.1, 0.15) is 5.71 Å². The summed E-state index contributed by atoms with van der Waals surface area (Å²) in [4.78, 5) is 17.5. The molecule has 0 spiro atoms. The lowest BCUT2D eigenvalue weighted by Crippen LogP contribution is -2.32. The zero-order chi connectivity index (χ0) is 18.2. The molecule has 5 rings (SSSR count). The van der Waals surface area contributed by atoms with Gasteiger partial charge in [-0.25, -0.2) is 4.98 Å². The smallest absolute Gasteiger partial charge is 0.261 e. The summed E-state index contributed by atoms with van der Waals surface area (Å²) in [5.74, 6) is 0.665. The summed E-state index contributed by atoms with van der Waals surface area (Å²) < 4.78 is 1.74. The van der Waals surface area contributed by atoms with Crippen molar-refractivity contribution < 1.29 is 0 Å². The Morgan fingerprint density at radius 3 is 2.70 bits per heavy atom. The highest BCUT2D eigenvalue weighted by Crippen LogP contribution is 2.20. The van der Waals surface area contributed by atoms with Crippen molar-refractivity contribution in [2.24, 2.45) is 5.10 Å². The number of nitrogens with zero attached hydrogens (tertiary/aromatic N) is 3. The van der Waals surface area contributed by atoms with E-state index in [4.69, 9.17) is 4.98 Å². The molecule has 0 unspecified atom stereocenters. The molecule has 0 amide bonds. The lowest BCUT2D eigenvalue weighted by atomic mass is 10.1. The lowest BCUT2D eigenvalue weighted by molar-refractivity contribution is 0.597. The van der Waals surface area contributed by atoms with E-state index >= 15 is 0 Å². The number of aromatic nitrogens is 2. The highest BCUT2D eigenvalue weighted by Gasteiger charge is 2.20. The molecule has 0 radical (unpaired) electrons. The molecule has 5 heteroatoms. The first-order valence-electron chi connectivity index (χ1n) is 9.11. The van der Waals surface area contributed by atoms with Gasteiger partial charge in [-0.05, 0) is 47.9 Å². The summed E-state index contributed by atoms with van der Waals surface area (Å²) in [5.41, 5.74) is 5.61. The van der Waals surface area contributed by atoms with Crippen molar-refractivity contribution >= 4 is 33.1 Å². The molecule has 1 aliphatic heterocycles. The van der Waals surface area contributed by atoms with Crippen molar-refractivity contribution in [3.05, 3.63) is 82.9 Å². The average molecular weight is 354 g/mol. The molecule has 5 nitrogen and oxygen atoms in total. The van der Waals surface area contributed by atoms with Crippen LogP contribution >= 0.6 is 0 Å². The second kappa shape index (κ2) is 6.36. The fourth-order valence-corrected chi connectivity index (χ4v) is 3.61. The molecule has 0 atom stereocenters. The Kier molecular flexibility index (Phi) is 3.71. The van der Waals surface area contributed by atoms with E-state index in [0.29, 0.717) is 23.3 Å². The Morgan fingerprint density at radius 1 is 0.963 bits per heavy atom. The monoisotopic (exact) mass is 354 g/mol. The number of para-hydroxylation sites is 1. The molecular weight excluding hydrogens is 336 g/mol. The molecule has 0 fully saturated rings. The highest BCUT2D eigenvalue weighted by molar-refractivity contribution is 6.00. The van der Waals surface area contributed by atoms with Crippen LogP contribution in [0.2, 0.25) is 0 Å². The Balaban J connectivity index is 1.55. The molecule has 0 saturated carbocycles. The molecule has 132 valence electrons. The number of benzene rings is 3. The third kappa shape index (κ3) is 2.77. The van der Waals surface area contributed by atoms with Crippen molar-refractivity contribution in [1.29, 1.82) is 0 Å². The number of anilines is 1. The number of hydrazone groups is 1. The minimum absolute atomic E-state index is 0.00806. The first-order chi connectivity index (χ1) is 13.3. The number of rotatable bonds is 2. The summed E-state index contributed by atoms with van der Waals surface area (Å²) in [5, 5.41) is 7.60. The topological polar surface area (TPSA) is 59.3 Å². The van der Waals surface area contributed by atoms with E-state index in [1.54, 1.807) is 4.57 Å². The van der Waals surface area contributed by atoms with Gasteiger partial charge in [0.25, 0.3) is 5.56 Å². The van der Waals surface area contributed by atoms with Crippen LogP contribution < -0.4 is 11.0 Å². The summed E-state index contributed by atoms with van der Waals surface area (Å²) >= 11 is 0. The van der Waals surface area contributed by atoms with Crippen LogP contribution in [0.5, 0.6) is 0 Å². The summed E-state index contributed by atoms with van der Waals surface area (Å²) in [6.45, 7) is 0.682. The van der Waals surface area contributed by atoms with Gasteiger partial charge < -0.3 is 0 Å². The molecule has 0 saturated heterocycles. The Morgan fingerprint density at radius 2 is 1.78 bits per heavy atom. The van der Waals surface area contributed by atoms with E-state index in [2.05, 4.69) is 34.8 Å². The van der Waals surface area contributed by atoms with Crippen molar-refractivity contribution in [3.63, 3.8) is 0 Å². The number of hydrogen-bond donors (Lipinski definition) is 1. The van der Waals surface area contributed by atoms with E-state index in [0.717, 1.165) is 29.6 Å². The number of hydrogen-bond acceptors (Lipinski definition) is 4. The second-order valence-corrected chi connectivity index (χ2v) is 6.75. The predicted molar refractivity (Wildman–Crippen MR) is 109 cm³/mol. The van der Waals surface area contributed by atoms with Crippen LogP contribution in [-0.2, 0) is 6.54 Å². The maximum absolute atomic E-state index is 12.8. The molecule has 0 aliphatic carbocycles. The number of nitrogens with one attached hydrogen (secondary N) is 1.